The summed E-state index contributed by atoms with van der Waals surface area (Å²) in [5, 5.41) is 5.83. The maximum atomic E-state index is 13.8. The maximum Gasteiger partial charge on any atom is 0.408 e. The van der Waals surface area contributed by atoms with E-state index in [4.69, 9.17) is 11.2 Å². The molecule has 8 heteroatoms. The van der Waals surface area contributed by atoms with Gasteiger partial charge < -0.3 is 15.4 Å². The molecular formula is C28H41N3O4S. The fraction of sp³-hybridized carbons (Fsp3) is 0.607. The van der Waals surface area contributed by atoms with Gasteiger partial charge in [0.2, 0.25) is 5.91 Å². The Bertz CT molecular complexity index is 961. The number of rotatable bonds is 9. The third kappa shape index (κ3) is 8.48. The second-order valence-corrected chi connectivity index (χ2v) is 11.3. The Kier molecular flexibility index (Phi) is 11.2. The zero-order valence-corrected chi connectivity index (χ0v) is 23.3. The number of amides is 3. The number of benzene rings is 1. The summed E-state index contributed by atoms with van der Waals surface area (Å²) in [5.74, 6) is -0.197. The highest BCUT2D eigenvalue weighted by atomic mass is 32.2. The average Bonchev–Trinajstić information content (AvgIpc) is 2.81. The Hall–Kier alpha value is -2.66. The van der Waals surface area contributed by atoms with Gasteiger partial charge in [-0.3, -0.25) is 14.5 Å². The Morgan fingerprint density at radius 3 is 2.44 bits per heavy atom. The Labute approximate surface area is 220 Å². The quantitative estimate of drug-likeness (QED) is 0.362. The summed E-state index contributed by atoms with van der Waals surface area (Å²) in [6.07, 6.45) is 12.6. The van der Waals surface area contributed by atoms with Gasteiger partial charge >= 0.3 is 6.09 Å². The first kappa shape index (κ1) is 29.6. The molecular weight excluding hydrogens is 474 g/mol. The van der Waals surface area contributed by atoms with Gasteiger partial charge in [-0.15, -0.1) is 0 Å². The van der Waals surface area contributed by atoms with Crippen molar-refractivity contribution in [3.05, 3.63) is 34.9 Å². The number of alkyl carbamates (subject to hydrolysis) is 1. The third-order valence-corrected chi connectivity index (χ3v) is 7.02. The molecule has 2 unspecified atom stereocenters. The highest BCUT2D eigenvalue weighted by Gasteiger charge is 2.37. The molecule has 1 aliphatic rings. The van der Waals surface area contributed by atoms with Crippen LogP contribution >= 0.6 is 11.8 Å². The predicted octanol–water partition coefficient (Wildman–Crippen LogP) is 4.86. The SMILES string of the molecule is C#CN(C(=O)C(CCSC)NC(=O)OC(C)(C)C)C(C(=O)NC1CCCCC1)c1cccc(C)c1C. The lowest BCUT2D eigenvalue weighted by atomic mass is 9.93. The molecule has 1 aromatic carbocycles. The first-order valence-corrected chi connectivity index (χ1v) is 14.0. The van der Waals surface area contributed by atoms with Crippen molar-refractivity contribution < 1.29 is 19.1 Å². The normalized spacial score (nSPS) is 15.8. The van der Waals surface area contributed by atoms with E-state index in [0.717, 1.165) is 48.1 Å². The summed E-state index contributed by atoms with van der Waals surface area (Å²) in [7, 11) is 0. The molecule has 3 amide bonds. The van der Waals surface area contributed by atoms with Crippen molar-refractivity contribution in [1.29, 1.82) is 0 Å². The van der Waals surface area contributed by atoms with Gasteiger partial charge in [0, 0.05) is 12.1 Å². The molecule has 0 aromatic heterocycles. The Morgan fingerprint density at radius 2 is 1.86 bits per heavy atom. The van der Waals surface area contributed by atoms with E-state index in [9.17, 15) is 14.4 Å². The zero-order valence-electron chi connectivity index (χ0n) is 22.5. The van der Waals surface area contributed by atoms with Gasteiger partial charge in [0.1, 0.15) is 17.7 Å². The van der Waals surface area contributed by atoms with E-state index in [1.807, 2.05) is 38.3 Å². The monoisotopic (exact) mass is 515 g/mol. The number of ether oxygens (including phenoxy) is 1. The van der Waals surface area contributed by atoms with Crippen LogP contribution < -0.4 is 10.6 Å². The molecule has 0 radical (unpaired) electrons. The largest absolute Gasteiger partial charge is 0.444 e. The number of nitrogens with zero attached hydrogens (tertiary/aromatic N) is 1. The Balaban J connectivity index is 2.42. The summed E-state index contributed by atoms with van der Waals surface area (Å²) >= 11 is 1.55. The molecule has 0 aliphatic heterocycles. The van der Waals surface area contributed by atoms with Crippen LogP contribution in [0.4, 0.5) is 4.79 Å². The van der Waals surface area contributed by atoms with Crippen LogP contribution in [0.15, 0.2) is 18.2 Å². The molecule has 0 saturated heterocycles. The summed E-state index contributed by atoms with van der Waals surface area (Å²) < 4.78 is 5.38. The van der Waals surface area contributed by atoms with Gasteiger partial charge in [-0.05, 0) is 82.6 Å². The standard InChI is InChI=1S/C28H41N3O4S/c1-8-31(26(33)23(17-18-36-7)30-27(34)35-28(4,5)6)24(22-16-12-13-19(2)20(22)3)25(32)29-21-14-10-9-11-15-21/h1,12-13,16,21,23-24H,9-11,14-15,17-18H2,2-7H3,(H,29,32)(H,30,34). The molecule has 2 atom stereocenters. The van der Waals surface area contributed by atoms with E-state index in [0.29, 0.717) is 17.7 Å². The van der Waals surface area contributed by atoms with Crippen molar-refractivity contribution >= 4 is 29.7 Å². The molecule has 1 aliphatic carbocycles. The van der Waals surface area contributed by atoms with Gasteiger partial charge in [-0.1, -0.05) is 43.9 Å². The summed E-state index contributed by atoms with van der Waals surface area (Å²) in [6, 6.07) is 6.24. The number of terminal acetylenes is 1. The van der Waals surface area contributed by atoms with Crippen LogP contribution in [0.5, 0.6) is 0 Å². The minimum absolute atomic E-state index is 0.0563. The summed E-state index contributed by atoms with van der Waals surface area (Å²) in [5.41, 5.74) is 1.85. The van der Waals surface area contributed by atoms with Crippen LogP contribution in [0.3, 0.4) is 0 Å². The van der Waals surface area contributed by atoms with Gasteiger partial charge in [-0.25, -0.2) is 4.79 Å². The second-order valence-electron chi connectivity index (χ2n) is 10.4. The number of hydrogen-bond donors (Lipinski definition) is 2. The highest BCUT2D eigenvalue weighted by molar-refractivity contribution is 7.98. The van der Waals surface area contributed by atoms with Gasteiger partial charge in [0.25, 0.3) is 5.91 Å². The Morgan fingerprint density at radius 1 is 1.19 bits per heavy atom. The average molecular weight is 516 g/mol. The molecule has 36 heavy (non-hydrogen) atoms. The van der Waals surface area contributed by atoms with E-state index in [1.54, 1.807) is 32.5 Å². The summed E-state index contributed by atoms with van der Waals surface area (Å²) in [6.45, 7) is 9.15. The molecule has 1 saturated carbocycles. The van der Waals surface area contributed by atoms with Crippen molar-refractivity contribution in [2.45, 2.75) is 96.9 Å². The lowest BCUT2D eigenvalue weighted by molar-refractivity contribution is -0.139. The van der Waals surface area contributed by atoms with Crippen molar-refractivity contribution in [3.63, 3.8) is 0 Å². The first-order valence-electron chi connectivity index (χ1n) is 12.6. The van der Waals surface area contributed by atoms with Crippen LogP contribution in [0, 0.1) is 26.3 Å². The summed E-state index contributed by atoms with van der Waals surface area (Å²) in [4.78, 5) is 41.2. The lowest BCUT2D eigenvalue weighted by Gasteiger charge is -2.33. The van der Waals surface area contributed by atoms with Gasteiger partial charge in [0.15, 0.2) is 0 Å². The second kappa shape index (κ2) is 13.6. The molecule has 0 bridgehead atoms. The molecule has 2 N–H and O–H groups in total. The van der Waals surface area contributed by atoms with Crippen molar-refractivity contribution in [1.82, 2.24) is 15.5 Å². The molecule has 1 aromatic rings. The van der Waals surface area contributed by atoms with E-state index >= 15 is 0 Å². The maximum absolute atomic E-state index is 13.8. The van der Waals surface area contributed by atoms with Crippen molar-refractivity contribution in [2.75, 3.05) is 12.0 Å². The minimum atomic E-state index is -1.01. The zero-order chi connectivity index (χ0) is 26.9. The number of aryl methyl sites for hydroxylation is 1. The molecule has 0 spiro atoms. The van der Waals surface area contributed by atoms with Crippen molar-refractivity contribution in [3.8, 4) is 12.5 Å². The van der Waals surface area contributed by atoms with Crippen LogP contribution in [0.25, 0.3) is 0 Å². The van der Waals surface area contributed by atoms with E-state index < -0.39 is 29.7 Å². The smallest absolute Gasteiger partial charge is 0.408 e. The number of thioether (sulfide) groups is 1. The van der Waals surface area contributed by atoms with Crippen LogP contribution in [0.1, 0.15) is 82.0 Å². The van der Waals surface area contributed by atoms with Gasteiger partial charge in [0.05, 0.1) is 0 Å². The number of carbonyl (C=O) groups is 3. The molecule has 1 fully saturated rings. The third-order valence-electron chi connectivity index (χ3n) is 6.38. The number of carbonyl (C=O) groups excluding carboxylic acids is 3. The number of nitrogens with one attached hydrogen (secondary N) is 2. The molecule has 2 rings (SSSR count). The number of hydrogen-bond acceptors (Lipinski definition) is 5. The van der Waals surface area contributed by atoms with Crippen LogP contribution in [0.2, 0.25) is 0 Å². The van der Waals surface area contributed by atoms with E-state index in [1.165, 1.54) is 0 Å². The molecule has 7 nitrogen and oxygen atoms in total. The lowest BCUT2D eigenvalue weighted by Crippen LogP contribution is -2.52. The first-order chi connectivity index (χ1) is 17.0. The van der Waals surface area contributed by atoms with Crippen LogP contribution in [-0.2, 0) is 14.3 Å². The fourth-order valence-electron chi connectivity index (χ4n) is 4.37. The minimum Gasteiger partial charge on any atom is -0.444 e. The van der Waals surface area contributed by atoms with Gasteiger partial charge in [-0.2, -0.15) is 11.8 Å². The predicted molar refractivity (Wildman–Crippen MR) is 146 cm³/mol. The van der Waals surface area contributed by atoms with Crippen molar-refractivity contribution in [2.24, 2.45) is 0 Å². The molecule has 0 heterocycles. The van der Waals surface area contributed by atoms with E-state index in [2.05, 4.69) is 16.7 Å². The topological polar surface area (TPSA) is 87.7 Å². The highest BCUT2D eigenvalue weighted by Crippen LogP contribution is 2.28. The fourth-order valence-corrected chi connectivity index (χ4v) is 4.84. The molecule has 198 valence electrons. The van der Waals surface area contributed by atoms with Crippen LogP contribution in [-0.4, -0.2) is 52.5 Å². The van der Waals surface area contributed by atoms with E-state index in [-0.39, 0.29) is 11.9 Å².